The maximum atomic E-state index is 11.6. The Morgan fingerprint density at radius 2 is 1.85 bits per heavy atom. The molecule has 0 aliphatic rings. The predicted molar refractivity (Wildman–Crippen MR) is 81.6 cm³/mol. The lowest BCUT2D eigenvalue weighted by Gasteiger charge is -2.08. The molecule has 110 valence electrons. The smallest absolute Gasteiger partial charge is 0.338 e. The van der Waals surface area contributed by atoms with E-state index in [2.05, 4.69) is 13.0 Å². The van der Waals surface area contributed by atoms with E-state index in [9.17, 15) is 4.79 Å². The van der Waals surface area contributed by atoms with Crippen molar-refractivity contribution in [2.45, 2.75) is 39.5 Å². The van der Waals surface area contributed by atoms with E-state index in [1.165, 1.54) is 0 Å². The lowest BCUT2D eigenvalue weighted by atomic mass is 10.00. The minimum Gasteiger partial charge on any atom is -0.462 e. The molecule has 0 saturated heterocycles. The summed E-state index contributed by atoms with van der Waals surface area (Å²) in [6, 6.07) is 7.39. The molecule has 0 bridgehead atoms. The van der Waals surface area contributed by atoms with Gasteiger partial charge in [-0.25, -0.2) is 4.79 Å². The van der Waals surface area contributed by atoms with Crippen LogP contribution >= 0.6 is 0 Å². The highest BCUT2D eigenvalue weighted by atomic mass is 16.5. The van der Waals surface area contributed by atoms with Gasteiger partial charge in [-0.05, 0) is 43.0 Å². The van der Waals surface area contributed by atoms with E-state index < -0.39 is 0 Å². The molecule has 0 aromatic heterocycles. The molecule has 0 radical (unpaired) electrons. The molecule has 1 aromatic rings. The van der Waals surface area contributed by atoms with Crippen molar-refractivity contribution in [1.29, 1.82) is 0 Å². The van der Waals surface area contributed by atoms with E-state index >= 15 is 0 Å². The van der Waals surface area contributed by atoms with Crippen LogP contribution in [0.2, 0.25) is 0 Å². The summed E-state index contributed by atoms with van der Waals surface area (Å²) in [6.45, 7) is 4.47. The van der Waals surface area contributed by atoms with Crippen LogP contribution in [0.1, 0.15) is 55.5 Å². The molecule has 0 fully saturated rings. The molecular formula is C17H24O3. The average molecular weight is 276 g/mol. The summed E-state index contributed by atoms with van der Waals surface area (Å²) in [4.78, 5) is 11.6. The fourth-order valence-corrected chi connectivity index (χ4v) is 2.00. The lowest BCUT2D eigenvalue weighted by Crippen LogP contribution is -2.04. The van der Waals surface area contributed by atoms with Gasteiger partial charge in [-0.3, -0.25) is 0 Å². The summed E-state index contributed by atoms with van der Waals surface area (Å²) in [7, 11) is 0. The molecule has 0 heterocycles. The van der Waals surface area contributed by atoms with Crippen LogP contribution in [-0.4, -0.2) is 24.3 Å². The van der Waals surface area contributed by atoms with Crippen molar-refractivity contribution >= 4 is 11.5 Å². The molecule has 0 aliphatic heterocycles. The van der Waals surface area contributed by atoms with E-state index in [4.69, 9.17) is 9.84 Å². The molecule has 3 heteroatoms. The second kappa shape index (κ2) is 9.32. The van der Waals surface area contributed by atoms with Crippen LogP contribution in [-0.2, 0) is 4.74 Å². The molecule has 3 nitrogen and oxygen atoms in total. The first kappa shape index (κ1) is 16.4. The van der Waals surface area contributed by atoms with Gasteiger partial charge in [0.25, 0.3) is 0 Å². The molecule has 20 heavy (non-hydrogen) atoms. The Morgan fingerprint density at radius 3 is 2.40 bits per heavy atom. The third-order valence-electron chi connectivity index (χ3n) is 3.10. The van der Waals surface area contributed by atoms with Crippen LogP contribution < -0.4 is 0 Å². The van der Waals surface area contributed by atoms with Gasteiger partial charge in [-0.1, -0.05) is 38.0 Å². The van der Waals surface area contributed by atoms with Gasteiger partial charge in [0.15, 0.2) is 0 Å². The molecule has 0 saturated carbocycles. The second-order valence-corrected chi connectivity index (χ2v) is 4.64. The number of unbranched alkanes of at least 4 members (excludes halogenated alkanes) is 2. The van der Waals surface area contributed by atoms with Gasteiger partial charge >= 0.3 is 5.97 Å². The molecule has 1 N–H and O–H groups in total. The Balaban J connectivity index is 2.82. The highest BCUT2D eigenvalue weighted by Crippen LogP contribution is 2.20. The maximum Gasteiger partial charge on any atom is 0.338 e. The molecule has 0 unspecified atom stereocenters. The largest absolute Gasteiger partial charge is 0.462 e. The SMILES string of the molecule is CCCC/C=C(/CCO)c1ccc(C(=O)OCC)cc1. The second-order valence-electron chi connectivity index (χ2n) is 4.64. The number of hydrogen-bond acceptors (Lipinski definition) is 3. The van der Waals surface area contributed by atoms with E-state index in [0.29, 0.717) is 18.6 Å². The monoisotopic (exact) mass is 276 g/mol. The number of carbonyl (C=O) groups is 1. The Bertz CT molecular complexity index is 432. The van der Waals surface area contributed by atoms with E-state index in [-0.39, 0.29) is 12.6 Å². The third kappa shape index (κ3) is 5.17. The molecule has 0 aliphatic carbocycles. The van der Waals surface area contributed by atoms with Gasteiger partial charge in [-0.2, -0.15) is 0 Å². The van der Waals surface area contributed by atoms with Crippen LogP contribution in [0.4, 0.5) is 0 Å². The number of ether oxygens (including phenoxy) is 1. The summed E-state index contributed by atoms with van der Waals surface area (Å²) < 4.78 is 4.96. The highest BCUT2D eigenvalue weighted by Gasteiger charge is 2.07. The number of rotatable bonds is 8. The Kier molecular flexibility index (Phi) is 7.66. The predicted octanol–water partition coefficient (Wildman–Crippen LogP) is 3.82. The first-order valence-corrected chi connectivity index (χ1v) is 7.30. The van der Waals surface area contributed by atoms with Crippen molar-refractivity contribution in [3.63, 3.8) is 0 Å². The number of aliphatic hydroxyl groups is 1. The summed E-state index contributed by atoms with van der Waals surface area (Å²) in [6.07, 6.45) is 6.15. The summed E-state index contributed by atoms with van der Waals surface area (Å²) >= 11 is 0. The Morgan fingerprint density at radius 1 is 1.20 bits per heavy atom. The number of allylic oxidation sites excluding steroid dienone is 1. The standard InChI is InChI=1S/C17H24O3/c1-3-5-6-7-14(12-13-18)15-8-10-16(11-9-15)17(19)20-4-2/h7-11,18H,3-6,12-13H2,1-2H3/b14-7-. The first-order valence-electron chi connectivity index (χ1n) is 7.30. The number of benzene rings is 1. The lowest BCUT2D eigenvalue weighted by molar-refractivity contribution is 0.0526. The zero-order valence-electron chi connectivity index (χ0n) is 12.4. The maximum absolute atomic E-state index is 11.6. The van der Waals surface area contributed by atoms with Crippen molar-refractivity contribution < 1.29 is 14.6 Å². The van der Waals surface area contributed by atoms with Crippen LogP contribution in [0.5, 0.6) is 0 Å². The van der Waals surface area contributed by atoms with E-state index in [1.54, 1.807) is 19.1 Å². The van der Waals surface area contributed by atoms with Crippen molar-refractivity contribution in [3.8, 4) is 0 Å². The van der Waals surface area contributed by atoms with Crippen molar-refractivity contribution in [1.82, 2.24) is 0 Å². The number of esters is 1. The minimum atomic E-state index is -0.294. The number of carbonyl (C=O) groups excluding carboxylic acids is 1. The average Bonchev–Trinajstić information content (AvgIpc) is 2.47. The van der Waals surface area contributed by atoms with E-state index in [0.717, 1.165) is 30.4 Å². The molecule has 0 atom stereocenters. The summed E-state index contributed by atoms with van der Waals surface area (Å²) in [5, 5.41) is 9.15. The van der Waals surface area contributed by atoms with Crippen LogP contribution in [0, 0.1) is 0 Å². The van der Waals surface area contributed by atoms with Crippen molar-refractivity contribution in [3.05, 3.63) is 41.5 Å². The molecule has 0 amide bonds. The topological polar surface area (TPSA) is 46.5 Å². The van der Waals surface area contributed by atoms with Crippen LogP contribution in [0.25, 0.3) is 5.57 Å². The molecule has 1 aromatic carbocycles. The van der Waals surface area contributed by atoms with Gasteiger partial charge in [0.1, 0.15) is 0 Å². The molecular weight excluding hydrogens is 252 g/mol. The third-order valence-corrected chi connectivity index (χ3v) is 3.10. The Labute approximate surface area is 121 Å². The fourth-order valence-electron chi connectivity index (χ4n) is 2.00. The molecule has 1 rings (SSSR count). The van der Waals surface area contributed by atoms with Crippen molar-refractivity contribution in [2.24, 2.45) is 0 Å². The van der Waals surface area contributed by atoms with Gasteiger partial charge < -0.3 is 9.84 Å². The van der Waals surface area contributed by atoms with Gasteiger partial charge in [-0.15, -0.1) is 0 Å². The fraction of sp³-hybridized carbons (Fsp3) is 0.471. The van der Waals surface area contributed by atoms with Gasteiger partial charge in [0, 0.05) is 6.61 Å². The van der Waals surface area contributed by atoms with Crippen LogP contribution in [0.3, 0.4) is 0 Å². The molecule has 0 spiro atoms. The minimum absolute atomic E-state index is 0.136. The quantitative estimate of drug-likeness (QED) is 0.580. The Hall–Kier alpha value is -1.61. The normalized spacial score (nSPS) is 11.4. The summed E-state index contributed by atoms with van der Waals surface area (Å²) in [5.41, 5.74) is 2.76. The zero-order chi connectivity index (χ0) is 14.8. The van der Waals surface area contributed by atoms with E-state index in [1.807, 2.05) is 12.1 Å². The highest BCUT2D eigenvalue weighted by molar-refractivity contribution is 5.89. The van der Waals surface area contributed by atoms with Gasteiger partial charge in [0.2, 0.25) is 0 Å². The zero-order valence-corrected chi connectivity index (χ0v) is 12.4. The number of aliphatic hydroxyl groups excluding tert-OH is 1. The first-order chi connectivity index (χ1) is 9.72. The summed E-state index contributed by atoms with van der Waals surface area (Å²) in [5.74, 6) is -0.294. The van der Waals surface area contributed by atoms with Gasteiger partial charge in [0.05, 0.1) is 12.2 Å². The number of hydrogen-bond donors (Lipinski definition) is 1. The van der Waals surface area contributed by atoms with Crippen LogP contribution in [0.15, 0.2) is 30.3 Å². The van der Waals surface area contributed by atoms with Crippen molar-refractivity contribution in [2.75, 3.05) is 13.2 Å².